The molecule has 1 fully saturated rings. The van der Waals surface area contributed by atoms with Gasteiger partial charge in [-0.25, -0.2) is 0 Å². The first-order chi connectivity index (χ1) is 15.0. The highest BCUT2D eigenvalue weighted by atomic mass is 79.9. The van der Waals surface area contributed by atoms with Gasteiger partial charge in [-0.15, -0.1) is 0 Å². The van der Waals surface area contributed by atoms with Crippen molar-refractivity contribution in [3.05, 3.63) is 50.8 Å². The van der Waals surface area contributed by atoms with Crippen molar-refractivity contribution >= 4 is 45.1 Å². The lowest BCUT2D eigenvalue weighted by atomic mass is 10.0. The number of benzene rings is 1. The number of nitrogens with one attached hydrogen (secondary N) is 2. The summed E-state index contributed by atoms with van der Waals surface area (Å²) in [6.45, 7) is 6.74. The first-order valence-corrected chi connectivity index (χ1v) is 11.9. The number of anilines is 1. The van der Waals surface area contributed by atoms with Gasteiger partial charge in [0.05, 0.1) is 11.1 Å². The van der Waals surface area contributed by atoms with Crippen molar-refractivity contribution in [1.29, 1.82) is 0 Å². The molecule has 162 valence electrons. The molecule has 31 heavy (non-hydrogen) atoms. The molecular weight excluding hydrogens is 456 g/mol. The van der Waals surface area contributed by atoms with E-state index in [0.717, 1.165) is 77.4 Å². The monoisotopic (exact) mass is 482 g/mol. The Bertz CT molecular complexity index is 1080. The third-order valence-corrected chi connectivity index (χ3v) is 7.18. The number of aromatic nitrogens is 1. The van der Waals surface area contributed by atoms with Gasteiger partial charge < -0.3 is 20.1 Å². The van der Waals surface area contributed by atoms with E-state index in [-0.39, 0.29) is 11.8 Å². The zero-order valence-electron chi connectivity index (χ0n) is 17.8. The second-order valence-electron chi connectivity index (χ2n) is 8.66. The number of hydrogen-bond donors (Lipinski definition) is 2. The van der Waals surface area contributed by atoms with Crippen LogP contribution in [0, 0.1) is 6.92 Å². The van der Waals surface area contributed by atoms with E-state index in [4.69, 9.17) is 0 Å². The van der Waals surface area contributed by atoms with E-state index in [1.165, 1.54) is 19.3 Å². The van der Waals surface area contributed by atoms with Crippen molar-refractivity contribution in [2.75, 3.05) is 38.0 Å². The number of carbonyl (C=O) groups is 2. The molecule has 0 saturated carbocycles. The van der Waals surface area contributed by atoms with Gasteiger partial charge in [0, 0.05) is 53.2 Å². The van der Waals surface area contributed by atoms with Crippen molar-refractivity contribution in [2.45, 2.75) is 32.6 Å². The average molecular weight is 483 g/mol. The largest absolute Gasteiger partial charge is 0.358 e. The Hall–Kier alpha value is -2.38. The van der Waals surface area contributed by atoms with E-state index in [2.05, 4.69) is 31.1 Å². The molecule has 1 saturated heterocycles. The van der Waals surface area contributed by atoms with Crippen molar-refractivity contribution in [2.24, 2.45) is 0 Å². The quantitative estimate of drug-likeness (QED) is 0.645. The summed E-state index contributed by atoms with van der Waals surface area (Å²) >= 11 is 3.49. The number of hydrogen-bond acceptors (Lipinski definition) is 3. The molecule has 0 radical (unpaired) electrons. The minimum atomic E-state index is -0.116. The van der Waals surface area contributed by atoms with Gasteiger partial charge in [0.2, 0.25) is 0 Å². The van der Waals surface area contributed by atoms with Crippen LogP contribution in [0.15, 0.2) is 22.7 Å². The smallest absolute Gasteiger partial charge is 0.256 e. The fourth-order valence-electron chi connectivity index (χ4n) is 4.91. The van der Waals surface area contributed by atoms with Gasteiger partial charge in [0.25, 0.3) is 11.8 Å². The van der Waals surface area contributed by atoms with Crippen LogP contribution in [0.25, 0.3) is 11.6 Å². The summed E-state index contributed by atoms with van der Waals surface area (Å²) in [4.78, 5) is 33.7. The van der Waals surface area contributed by atoms with E-state index in [1.54, 1.807) is 0 Å². The summed E-state index contributed by atoms with van der Waals surface area (Å²) in [7, 11) is 0. The second-order valence-corrected chi connectivity index (χ2v) is 9.58. The number of fused-ring (bicyclic) bond motifs is 2. The van der Waals surface area contributed by atoms with Crippen molar-refractivity contribution in [1.82, 2.24) is 14.8 Å². The van der Waals surface area contributed by atoms with Crippen molar-refractivity contribution in [3.63, 3.8) is 0 Å². The molecule has 0 unspecified atom stereocenters. The summed E-state index contributed by atoms with van der Waals surface area (Å²) in [5.41, 5.74) is 5.84. The molecule has 6 nitrogen and oxygen atoms in total. The Morgan fingerprint density at radius 1 is 1.10 bits per heavy atom. The molecule has 7 heteroatoms. The average Bonchev–Trinajstić information content (AvgIpc) is 3.25. The molecule has 0 bridgehead atoms. The molecule has 4 heterocycles. The second kappa shape index (κ2) is 8.28. The van der Waals surface area contributed by atoms with Crippen LogP contribution >= 0.6 is 15.9 Å². The molecule has 0 spiro atoms. The van der Waals surface area contributed by atoms with Crippen molar-refractivity contribution < 1.29 is 9.59 Å². The Morgan fingerprint density at radius 2 is 1.90 bits per heavy atom. The van der Waals surface area contributed by atoms with E-state index in [1.807, 2.05) is 36.1 Å². The van der Waals surface area contributed by atoms with E-state index < -0.39 is 0 Å². The number of rotatable bonds is 4. The third-order valence-electron chi connectivity index (χ3n) is 6.69. The zero-order chi connectivity index (χ0) is 21.5. The fraction of sp³-hybridized carbons (Fsp3) is 0.417. The Labute approximate surface area is 190 Å². The lowest BCUT2D eigenvalue weighted by Crippen LogP contribution is -2.43. The van der Waals surface area contributed by atoms with Crippen LogP contribution in [0.1, 0.15) is 52.1 Å². The van der Waals surface area contributed by atoms with Gasteiger partial charge in [-0.1, -0.05) is 22.4 Å². The molecule has 2 aromatic rings. The SMILES string of the molecule is Cc1c(/C=C2\C(=O)Nc3ccc(Br)cc32)[nH]c2c1C(=O)N(CCN1CCCCC1)CC2. The Kier molecular flexibility index (Phi) is 5.48. The maximum Gasteiger partial charge on any atom is 0.256 e. The molecule has 1 aromatic carbocycles. The summed E-state index contributed by atoms with van der Waals surface area (Å²) < 4.78 is 0.927. The minimum absolute atomic E-state index is 0.107. The van der Waals surface area contributed by atoms with Gasteiger partial charge >= 0.3 is 0 Å². The standard InChI is InChI=1S/C24H27BrN4O2/c1-15-21(14-18-17-13-16(25)5-6-19(17)27-23(18)30)26-20-7-10-29(24(31)22(15)20)12-11-28-8-3-2-4-9-28/h5-6,13-14,26H,2-4,7-12H2,1H3,(H,27,30)/b18-14-. The number of carbonyl (C=O) groups excluding carboxylic acids is 2. The first-order valence-electron chi connectivity index (χ1n) is 11.1. The molecular formula is C24H27BrN4O2. The highest BCUT2D eigenvalue weighted by molar-refractivity contribution is 9.10. The summed E-state index contributed by atoms with van der Waals surface area (Å²) in [6, 6.07) is 5.76. The predicted octanol–water partition coefficient (Wildman–Crippen LogP) is 4.06. The normalized spacial score (nSPS) is 20.2. The van der Waals surface area contributed by atoms with Gasteiger partial charge in [-0.05, 0) is 62.7 Å². The molecule has 3 aliphatic rings. The predicted molar refractivity (Wildman–Crippen MR) is 126 cm³/mol. The number of piperidine rings is 1. The van der Waals surface area contributed by atoms with Crippen LogP contribution in [0.4, 0.5) is 5.69 Å². The minimum Gasteiger partial charge on any atom is -0.358 e. The zero-order valence-corrected chi connectivity index (χ0v) is 19.3. The molecule has 5 rings (SSSR count). The molecule has 0 aliphatic carbocycles. The molecule has 0 atom stereocenters. The molecule has 1 aromatic heterocycles. The van der Waals surface area contributed by atoms with Gasteiger partial charge in [-0.2, -0.15) is 0 Å². The van der Waals surface area contributed by atoms with Crippen LogP contribution in [0.3, 0.4) is 0 Å². The van der Waals surface area contributed by atoms with E-state index >= 15 is 0 Å². The van der Waals surface area contributed by atoms with Crippen LogP contribution in [0.2, 0.25) is 0 Å². The molecule has 2 amide bonds. The van der Waals surface area contributed by atoms with Gasteiger partial charge in [0.1, 0.15) is 0 Å². The van der Waals surface area contributed by atoms with Crippen LogP contribution in [0.5, 0.6) is 0 Å². The Morgan fingerprint density at radius 3 is 2.71 bits per heavy atom. The van der Waals surface area contributed by atoms with Crippen LogP contribution in [-0.2, 0) is 11.2 Å². The number of likely N-dealkylation sites (tertiary alicyclic amines) is 1. The lowest BCUT2D eigenvalue weighted by Gasteiger charge is -2.32. The van der Waals surface area contributed by atoms with E-state index in [9.17, 15) is 9.59 Å². The number of halogens is 1. The summed E-state index contributed by atoms with van der Waals surface area (Å²) in [6.07, 6.45) is 6.55. The van der Waals surface area contributed by atoms with Gasteiger partial charge in [0.15, 0.2) is 0 Å². The van der Waals surface area contributed by atoms with Gasteiger partial charge in [-0.3, -0.25) is 9.59 Å². The first kappa shape index (κ1) is 20.5. The maximum atomic E-state index is 13.2. The fourth-order valence-corrected chi connectivity index (χ4v) is 5.28. The lowest BCUT2D eigenvalue weighted by molar-refractivity contribution is -0.110. The third kappa shape index (κ3) is 3.85. The highest BCUT2D eigenvalue weighted by Gasteiger charge is 2.30. The molecule has 3 aliphatic heterocycles. The number of aromatic amines is 1. The molecule has 2 N–H and O–H groups in total. The number of nitrogens with zero attached hydrogens (tertiary/aromatic N) is 2. The Balaban J connectivity index is 1.39. The maximum absolute atomic E-state index is 13.2. The topological polar surface area (TPSA) is 68.4 Å². The summed E-state index contributed by atoms with van der Waals surface area (Å²) in [5, 5.41) is 2.92. The van der Waals surface area contributed by atoms with E-state index in [0.29, 0.717) is 5.57 Å². The number of amides is 2. The highest BCUT2D eigenvalue weighted by Crippen LogP contribution is 2.36. The number of H-pyrrole nitrogens is 1. The van der Waals surface area contributed by atoms with Crippen LogP contribution in [-0.4, -0.2) is 59.3 Å². The van der Waals surface area contributed by atoms with Crippen LogP contribution < -0.4 is 5.32 Å². The van der Waals surface area contributed by atoms with Crippen molar-refractivity contribution in [3.8, 4) is 0 Å². The summed E-state index contributed by atoms with van der Waals surface area (Å²) in [5.74, 6) is -0.00904.